The summed E-state index contributed by atoms with van der Waals surface area (Å²) in [7, 11) is 0. The number of nitrogens with one attached hydrogen (secondary N) is 1. The Hall–Kier alpha value is -0.770. The molecule has 1 amide bonds. The maximum absolute atomic E-state index is 12.1. The van der Waals surface area contributed by atoms with Gasteiger partial charge >= 0.3 is 6.09 Å². The van der Waals surface area contributed by atoms with Crippen LogP contribution in [0.4, 0.5) is 4.79 Å². The van der Waals surface area contributed by atoms with Gasteiger partial charge in [-0.2, -0.15) is 0 Å². The molecule has 0 aliphatic heterocycles. The van der Waals surface area contributed by atoms with Gasteiger partial charge in [-0.25, -0.2) is 4.79 Å². The summed E-state index contributed by atoms with van der Waals surface area (Å²) in [5.41, 5.74) is 1.10. The van der Waals surface area contributed by atoms with Crippen molar-refractivity contribution in [2.24, 2.45) is 56.7 Å². The summed E-state index contributed by atoms with van der Waals surface area (Å²) in [5.74, 6) is 3.10. The van der Waals surface area contributed by atoms with Crippen molar-refractivity contribution in [1.82, 2.24) is 5.32 Å². The minimum absolute atomic E-state index is 0.00365. The predicted molar refractivity (Wildman–Crippen MR) is 139 cm³/mol. The Morgan fingerprint density at radius 2 is 1.43 bits per heavy atom. The normalized spacial score (nSPS) is 55.6. The number of hydrogen-bond donors (Lipinski definition) is 3. The van der Waals surface area contributed by atoms with Crippen LogP contribution in [0, 0.1) is 56.7 Å². The molecule has 0 saturated heterocycles. The van der Waals surface area contributed by atoms with Crippen LogP contribution in [0.3, 0.4) is 0 Å². The Balaban J connectivity index is 1.39. The second kappa shape index (κ2) is 7.20. The van der Waals surface area contributed by atoms with Gasteiger partial charge in [0.05, 0.1) is 6.10 Å². The molecule has 10 atom stereocenters. The van der Waals surface area contributed by atoms with E-state index in [1.165, 1.54) is 44.9 Å². The fourth-order valence-electron chi connectivity index (χ4n) is 12.4. The lowest BCUT2D eigenvalue weighted by Crippen LogP contribution is -2.69. The van der Waals surface area contributed by atoms with Crippen LogP contribution in [0.5, 0.6) is 0 Å². The van der Waals surface area contributed by atoms with E-state index in [-0.39, 0.29) is 22.5 Å². The molecule has 198 valence electrons. The second-order valence-electron chi connectivity index (χ2n) is 16.0. The molecular formula is C31H51NO3. The SMILES string of the molecule is CC1([C@@H]2CC[C@]3(NC(=O)O)CC[C@]4(C)[C@H](CC[C@@H]5[C@@]6(C)CC[C@H](O)C(C)(C)[C@@H]6CC[C@]54C)[C@@H]23)CC1. The van der Waals surface area contributed by atoms with E-state index in [1.54, 1.807) is 0 Å². The highest BCUT2D eigenvalue weighted by Crippen LogP contribution is 2.77. The fourth-order valence-corrected chi connectivity index (χ4v) is 12.4. The average molecular weight is 486 g/mol. The molecule has 0 aromatic heterocycles. The zero-order chi connectivity index (χ0) is 25.2. The highest BCUT2D eigenvalue weighted by Gasteiger charge is 2.72. The molecule has 0 unspecified atom stereocenters. The third-order valence-corrected chi connectivity index (χ3v) is 14.7. The standard InChI is InChI=1S/C31H51NO3/c1-26(2)21-10-13-30(6)22(28(21,4)12-11-23(26)33)8-7-20-24-19(27(3)15-16-27)9-14-31(24,32-25(34)35)18-17-29(20,30)5/h19-24,32-33H,7-18H2,1-6H3,(H,34,35)/t19-,20-,21+,22-,23+,24-,28+,29-,30-,31+/m1/s1. The summed E-state index contributed by atoms with van der Waals surface area (Å²) in [4.78, 5) is 12.1. The van der Waals surface area contributed by atoms with Crippen molar-refractivity contribution in [3.63, 3.8) is 0 Å². The Bertz CT molecular complexity index is 911. The lowest BCUT2D eigenvalue weighted by molar-refractivity contribution is -0.244. The van der Waals surface area contributed by atoms with Crippen molar-refractivity contribution in [1.29, 1.82) is 0 Å². The van der Waals surface area contributed by atoms with Crippen LogP contribution in [0.2, 0.25) is 0 Å². The van der Waals surface area contributed by atoms with E-state index in [4.69, 9.17) is 0 Å². The summed E-state index contributed by atoms with van der Waals surface area (Å²) in [6.45, 7) is 15.1. The van der Waals surface area contributed by atoms with Gasteiger partial charge in [0, 0.05) is 5.54 Å². The second-order valence-corrected chi connectivity index (χ2v) is 16.0. The molecule has 6 rings (SSSR count). The zero-order valence-corrected chi connectivity index (χ0v) is 23.3. The van der Waals surface area contributed by atoms with E-state index in [1.807, 2.05) is 0 Å². The third kappa shape index (κ3) is 2.98. The van der Waals surface area contributed by atoms with Crippen LogP contribution in [-0.2, 0) is 0 Å². The summed E-state index contributed by atoms with van der Waals surface area (Å²) in [6, 6.07) is 0. The summed E-state index contributed by atoms with van der Waals surface area (Å²) < 4.78 is 0. The smallest absolute Gasteiger partial charge is 0.405 e. The molecule has 0 bridgehead atoms. The molecule has 35 heavy (non-hydrogen) atoms. The number of aliphatic hydroxyl groups excluding tert-OH is 1. The van der Waals surface area contributed by atoms with Crippen molar-refractivity contribution in [3.05, 3.63) is 0 Å². The molecule has 6 aliphatic rings. The van der Waals surface area contributed by atoms with Gasteiger partial charge in [0.2, 0.25) is 0 Å². The predicted octanol–water partition coefficient (Wildman–Crippen LogP) is 7.25. The number of amides is 1. The molecule has 6 fully saturated rings. The quantitative estimate of drug-likeness (QED) is 0.386. The Kier molecular flexibility index (Phi) is 5.05. The van der Waals surface area contributed by atoms with Crippen molar-refractivity contribution in [3.8, 4) is 0 Å². The first-order valence-corrected chi connectivity index (χ1v) is 14.9. The van der Waals surface area contributed by atoms with E-state index in [9.17, 15) is 15.0 Å². The molecule has 0 radical (unpaired) electrons. The van der Waals surface area contributed by atoms with E-state index < -0.39 is 6.09 Å². The van der Waals surface area contributed by atoms with E-state index in [0.29, 0.717) is 45.8 Å². The molecule has 4 nitrogen and oxygen atoms in total. The fraction of sp³-hybridized carbons (Fsp3) is 0.968. The van der Waals surface area contributed by atoms with Gasteiger partial charge in [-0.3, -0.25) is 0 Å². The largest absolute Gasteiger partial charge is 0.465 e. The zero-order valence-electron chi connectivity index (χ0n) is 23.3. The first-order chi connectivity index (χ1) is 16.2. The maximum atomic E-state index is 12.1. The number of rotatable bonds is 2. The van der Waals surface area contributed by atoms with Crippen LogP contribution in [0.15, 0.2) is 0 Å². The van der Waals surface area contributed by atoms with Gasteiger partial charge in [0.25, 0.3) is 0 Å². The first-order valence-electron chi connectivity index (χ1n) is 14.9. The van der Waals surface area contributed by atoms with Gasteiger partial charge < -0.3 is 15.5 Å². The third-order valence-electron chi connectivity index (χ3n) is 14.7. The molecule has 3 N–H and O–H groups in total. The number of carboxylic acid groups (broad SMARTS) is 1. The molecule has 4 heteroatoms. The first kappa shape index (κ1) is 24.6. The Morgan fingerprint density at radius 1 is 0.714 bits per heavy atom. The molecule has 0 aromatic carbocycles. The van der Waals surface area contributed by atoms with Crippen molar-refractivity contribution < 1.29 is 15.0 Å². The highest BCUT2D eigenvalue weighted by molar-refractivity contribution is 5.66. The van der Waals surface area contributed by atoms with Gasteiger partial charge in [-0.15, -0.1) is 0 Å². The summed E-state index contributed by atoms with van der Waals surface area (Å²) in [5, 5.41) is 24.0. The van der Waals surface area contributed by atoms with Crippen LogP contribution in [0.1, 0.15) is 119 Å². The van der Waals surface area contributed by atoms with Crippen molar-refractivity contribution in [2.45, 2.75) is 130 Å². The minimum Gasteiger partial charge on any atom is -0.465 e. The number of hydrogen-bond acceptors (Lipinski definition) is 2. The lowest BCUT2D eigenvalue weighted by Gasteiger charge is -2.73. The average Bonchev–Trinajstić information content (AvgIpc) is 3.39. The van der Waals surface area contributed by atoms with Crippen LogP contribution in [0.25, 0.3) is 0 Å². The molecular weight excluding hydrogens is 434 g/mol. The van der Waals surface area contributed by atoms with Gasteiger partial charge in [-0.05, 0) is 134 Å². The molecule has 6 aliphatic carbocycles. The Morgan fingerprint density at radius 3 is 2.09 bits per heavy atom. The molecule has 0 heterocycles. The number of carbonyl (C=O) groups is 1. The van der Waals surface area contributed by atoms with Crippen LogP contribution >= 0.6 is 0 Å². The van der Waals surface area contributed by atoms with Gasteiger partial charge in [-0.1, -0.05) is 41.5 Å². The van der Waals surface area contributed by atoms with E-state index in [2.05, 4.69) is 46.9 Å². The summed E-state index contributed by atoms with van der Waals surface area (Å²) >= 11 is 0. The monoisotopic (exact) mass is 485 g/mol. The number of aliphatic hydroxyl groups is 1. The topological polar surface area (TPSA) is 69.6 Å². The summed E-state index contributed by atoms with van der Waals surface area (Å²) in [6.07, 6.45) is 13.3. The van der Waals surface area contributed by atoms with Gasteiger partial charge in [0.1, 0.15) is 0 Å². The van der Waals surface area contributed by atoms with E-state index in [0.717, 1.165) is 32.1 Å². The Labute approximate surface area is 213 Å². The molecule has 6 saturated carbocycles. The minimum atomic E-state index is -0.809. The highest BCUT2D eigenvalue weighted by atomic mass is 16.4. The van der Waals surface area contributed by atoms with Gasteiger partial charge in [0.15, 0.2) is 0 Å². The lowest BCUT2D eigenvalue weighted by atomic mass is 9.32. The van der Waals surface area contributed by atoms with Crippen molar-refractivity contribution in [2.75, 3.05) is 0 Å². The van der Waals surface area contributed by atoms with Crippen LogP contribution < -0.4 is 5.32 Å². The molecule has 0 spiro atoms. The van der Waals surface area contributed by atoms with Crippen LogP contribution in [-0.4, -0.2) is 27.9 Å². The molecule has 0 aromatic rings. The van der Waals surface area contributed by atoms with Crippen molar-refractivity contribution >= 4 is 6.09 Å². The maximum Gasteiger partial charge on any atom is 0.405 e. The number of fused-ring (bicyclic) bond motifs is 7. The van der Waals surface area contributed by atoms with E-state index >= 15 is 0 Å².